The van der Waals surface area contributed by atoms with Crippen LogP contribution >= 0.6 is 0 Å². The number of ether oxygens (including phenoxy) is 1. The molecule has 0 amide bonds. The molecule has 0 bridgehead atoms. The van der Waals surface area contributed by atoms with Crippen molar-refractivity contribution in [2.24, 2.45) is 0 Å². The van der Waals surface area contributed by atoms with Crippen LogP contribution < -0.4 is 15.6 Å². The molecule has 1 heterocycles. The van der Waals surface area contributed by atoms with Gasteiger partial charge in [-0.2, -0.15) is 0 Å². The van der Waals surface area contributed by atoms with Crippen LogP contribution in [-0.2, 0) is 6.61 Å². The maximum absolute atomic E-state index is 11.6. The molecule has 0 saturated carbocycles. The zero-order valence-corrected chi connectivity index (χ0v) is 10.9. The highest BCUT2D eigenvalue weighted by atomic mass is 16.5. The highest BCUT2D eigenvalue weighted by Gasteiger charge is 2.08. The van der Waals surface area contributed by atoms with Gasteiger partial charge in [0.15, 0.2) is 0 Å². The third-order valence-corrected chi connectivity index (χ3v) is 2.85. The molecule has 0 aliphatic carbocycles. The van der Waals surface area contributed by atoms with Gasteiger partial charge in [0.25, 0.3) is 0 Å². The van der Waals surface area contributed by atoms with E-state index in [1.54, 1.807) is 13.7 Å². The van der Waals surface area contributed by atoms with Crippen molar-refractivity contribution in [3.8, 4) is 5.75 Å². The number of rotatable bonds is 4. The molecule has 0 atom stereocenters. The highest BCUT2D eigenvalue weighted by Crippen LogP contribution is 2.12. The Kier molecular flexibility index (Phi) is 4.07. The van der Waals surface area contributed by atoms with E-state index in [2.05, 4.69) is 0 Å². The van der Waals surface area contributed by atoms with Crippen LogP contribution in [0, 0.1) is 6.92 Å². The van der Waals surface area contributed by atoms with Gasteiger partial charge in [0.05, 0.1) is 6.26 Å². The molecule has 1 aromatic heterocycles. The van der Waals surface area contributed by atoms with Gasteiger partial charge < -0.3 is 14.2 Å². The summed E-state index contributed by atoms with van der Waals surface area (Å²) in [7, 11) is 0. The van der Waals surface area contributed by atoms with Crippen LogP contribution in [0.3, 0.4) is 0 Å². The Morgan fingerprint density at radius 1 is 1.26 bits per heavy atom. The summed E-state index contributed by atoms with van der Waals surface area (Å²) in [4.78, 5) is 11.6. The van der Waals surface area contributed by atoms with E-state index in [0.29, 0.717) is 5.76 Å². The van der Waals surface area contributed by atoms with Gasteiger partial charge in [-0.3, -0.25) is 4.79 Å². The molecule has 1 aromatic carbocycles. The molecule has 19 heavy (non-hydrogen) atoms. The maximum atomic E-state index is 11.6. The fraction of sp³-hybridized carbons (Fsp3) is 0.214. The minimum atomic E-state index is -0.488. The summed E-state index contributed by atoms with van der Waals surface area (Å²) in [5, 5.41) is 9.41. The van der Waals surface area contributed by atoms with Crippen molar-refractivity contribution in [1.82, 2.24) is 0 Å². The summed E-state index contributed by atoms with van der Waals surface area (Å²) in [5.41, 5.74) is 1.58. The lowest BCUT2D eigenvalue weighted by Crippen LogP contribution is -2.25. The van der Waals surface area contributed by atoms with Crippen LogP contribution in [0.5, 0.6) is 5.75 Å². The van der Waals surface area contributed by atoms with Gasteiger partial charge >= 0.3 is 6.92 Å². The molecule has 98 valence electrons. The van der Waals surface area contributed by atoms with E-state index in [0.717, 1.165) is 11.0 Å². The van der Waals surface area contributed by atoms with Crippen molar-refractivity contribution >= 4 is 12.4 Å². The van der Waals surface area contributed by atoms with Crippen molar-refractivity contribution in [2.75, 3.05) is 0 Å². The van der Waals surface area contributed by atoms with Crippen molar-refractivity contribution < 1.29 is 14.2 Å². The molecule has 0 fully saturated rings. The SMILES string of the molecule is CB(O)c1ccc(COc2c(C)occc2=O)cc1. The second kappa shape index (κ2) is 5.76. The Labute approximate surface area is 111 Å². The first kappa shape index (κ1) is 13.4. The first-order valence-electron chi connectivity index (χ1n) is 6.06. The van der Waals surface area contributed by atoms with Crippen LogP contribution in [0.4, 0.5) is 0 Å². The number of hydrogen-bond acceptors (Lipinski definition) is 4. The van der Waals surface area contributed by atoms with Crippen molar-refractivity contribution in [1.29, 1.82) is 0 Å². The fourth-order valence-corrected chi connectivity index (χ4v) is 1.72. The van der Waals surface area contributed by atoms with E-state index in [9.17, 15) is 9.82 Å². The monoisotopic (exact) mass is 258 g/mol. The van der Waals surface area contributed by atoms with Gasteiger partial charge in [0, 0.05) is 6.07 Å². The molecule has 0 radical (unpaired) electrons. The molecular formula is C14H15BO4. The number of hydrogen-bond donors (Lipinski definition) is 1. The van der Waals surface area contributed by atoms with E-state index in [1.807, 2.05) is 24.3 Å². The molecule has 0 aliphatic heterocycles. The molecule has 5 heteroatoms. The summed E-state index contributed by atoms with van der Waals surface area (Å²) in [6, 6.07) is 8.73. The average Bonchev–Trinajstić information content (AvgIpc) is 2.38. The Bertz CT molecular complexity index is 602. The third-order valence-electron chi connectivity index (χ3n) is 2.85. The van der Waals surface area contributed by atoms with Gasteiger partial charge in [-0.05, 0) is 17.9 Å². The van der Waals surface area contributed by atoms with Gasteiger partial charge in [0.1, 0.15) is 12.4 Å². The Balaban J connectivity index is 2.08. The minimum absolute atomic E-state index is 0.190. The van der Waals surface area contributed by atoms with Gasteiger partial charge in [-0.15, -0.1) is 0 Å². The van der Waals surface area contributed by atoms with Gasteiger partial charge in [0.2, 0.25) is 11.2 Å². The third kappa shape index (κ3) is 3.26. The fourth-order valence-electron chi connectivity index (χ4n) is 1.72. The first-order valence-corrected chi connectivity index (χ1v) is 6.06. The van der Waals surface area contributed by atoms with Crippen molar-refractivity contribution in [3.05, 3.63) is 58.1 Å². The Hall–Kier alpha value is -2.01. The average molecular weight is 258 g/mol. The Morgan fingerprint density at radius 3 is 2.53 bits per heavy atom. The standard InChI is InChI=1S/C14H15BO4/c1-10-14(13(16)7-8-18-10)19-9-11-3-5-12(6-4-11)15(2)17/h3-8,17H,9H2,1-2H3. The van der Waals surface area contributed by atoms with Crippen LogP contribution in [-0.4, -0.2) is 11.9 Å². The molecule has 4 nitrogen and oxygen atoms in total. The number of aryl methyl sites for hydroxylation is 1. The predicted molar refractivity (Wildman–Crippen MR) is 74.0 cm³/mol. The lowest BCUT2D eigenvalue weighted by atomic mass is 9.64. The molecule has 1 N–H and O–H groups in total. The summed E-state index contributed by atoms with van der Waals surface area (Å²) >= 11 is 0. The highest BCUT2D eigenvalue weighted by molar-refractivity contribution is 6.64. The van der Waals surface area contributed by atoms with E-state index in [1.165, 1.54) is 12.3 Å². The van der Waals surface area contributed by atoms with Crippen LogP contribution in [0.2, 0.25) is 6.82 Å². The molecule has 0 spiro atoms. The molecular weight excluding hydrogens is 243 g/mol. The summed E-state index contributed by atoms with van der Waals surface area (Å²) in [5.74, 6) is 0.704. The summed E-state index contributed by atoms with van der Waals surface area (Å²) < 4.78 is 10.6. The largest absolute Gasteiger partial charge is 0.482 e. The second-order valence-corrected chi connectivity index (χ2v) is 4.38. The minimum Gasteiger partial charge on any atom is -0.482 e. The lowest BCUT2D eigenvalue weighted by Gasteiger charge is -2.08. The first-order chi connectivity index (χ1) is 9.08. The molecule has 0 unspecified atom stereocenters. The second-order valence-electron chi connectivity index (χ2n) is 4.38. The van der Waals surface area contributed by atoms with E-state index < -0.39 is 6.92 Å². The number of benzene rings is 1. The van der Waals surface area contributed by atoms with Crippen LogP contribution in [0.25, 0.3) is 0 Å². The van der Waals surface area contributed by atoms with E-state index in [4.69, 9.17) is 9.15 Å². The molecule has 0 saturated heterocycles. The lowest BCUT2D eigenvalue weighted by molar-refractivity contribution is 0.286. The van der Waals surface area contributed by atoms with Crippen molar-refractivity contribution in [2.45, 2.75) is 20.4 Å². The van der Waals surface area contributed by atoms with Crippen molar-refractivity contribution in [3.63, 3.8) is 0 Å². The zero-order chi connectivity index (χ0) is 13.8. The molecule has 2 rings (SSSR count). The maximum Gasteiger partial charge on any atom is 0.320 e. The van der Waals surface area contributed by atoms with E-state index in [-0.39, 0.29) is 17.8 Å². The zero-order valence-electron chi connectivity index (χ0n) is 10.9. The summed E-state index contributed by atoms with van der Waals surface area (Å²) in [6.45, 7) is 3.20. The van der Waals surface area contributed by atoms with E-state index >= 15 is 0 Å². The molecule has 2 aromatic rings. The topological polar surface area (TPSA) is 59.7 Å². The van der Waals surface area contributed by atoms with Gasteiger partial charge in [-0.1, -0.05) is 31.1 Å². The normalized spacial score (nSPS) is 10.3. The van der Waals surface area contributed by atoms with Crippen LogP contribution in [0.1, 0.15) is 11.3 Å². The quantitative estimate of drug-likeness (QED) is 0.841. The van der Waals surface area contributed by atoms with Crippen LogP contribution in [0.15, 0.2) is 45.8 Å². The predicted octanol–water partition coefficient (Wildman–Crippen LogP) is 1.35. The molecule has 0 aliphatic rings. The van der Waals surface area contributed by atoms with Gasteiger partial charge in [-0.25, -0.2) is 0 Å². The smallest absolute Gasteiger partial charge is 0.320 e. The summed E-state index contributed by atoms with van der Waals surface area (Å²) in [6.07, 6.45) is 1.35. The Morgan fingerprint density at radius 2 is 1.95 bits per heavy atom.